The molecule has 1 aliphatic carbocycles. The first-order chi connectivity index (χ1) is 9.69. The average molecular weight is 273 g/mol. The van der Waals surface area contributed by atoms with E-state index in [4.69, 9.17) is 0 Å². The summed E-state index contributed by atoms with van der Waals surface area (Å²) in [7, 11) is 2.00. The molecule has 5 heteroatoms. The third-order valence-electron chi connectivity index (χ3n) is 4.11. The Kier molecular flexibility index (Phi) is 3.51. The van der Waals surface area contributed by atoms with Crippen LogP contribution in [0.3, 0.4) is 0 Å². The Hall–Kier alpha value is -1.78. The van der Waals surface area contributed by atoms with Gasteiger partial charge in [0.1, 0.15) is 5.82 Å². The van der Waals surface area contributed by atoms with E-state index in [0.29, 0.717) is 12.0 Å². The molecular formula is C15H23N5. The third kappa shape index (κ3) is 2.57. The lowest BCUT2D eigenvalue weighted by Crippen LogP contribution is -2.13. The molecule has 3 rings (SSSR count). The van der Waals surface area contributed by atoms with Crippen molar-refractivity contribution in [3.63, 3.8) is 0 Å². The van der Waals surface area contributed by atoms with Crippen molar-refractivity contribution in [1.29, 1.82) is 0 Å². The molecule has 1 fully saturated rings. The zero-order valence-electron chi connectivity index (χ0n) is 12.5. The van der Waals surface area contributed by atoms with Crippen LogP contribution in [0.1, 0.15) is 56.5 Å². The summed E-state index contributed by atoms with van der Waals surface area (Å²) in [5.41, 5.74) is 2.44. The molecule has 0 spiro atoms. The fourth-order valence-electron chi connectivity index (χ4n) is 2.47. The first kappa shape index (κ1) is 13.2. The van der Waals surface area contributed by atoms with Crippen molar-refractivity contribution in [3.05, 3.63) is 29.7 Å². The fourth-order valence-corrected chi connectivity index (χ4v) is 2.47. The number of rotatable bonds is 6. The summed E-state index contributed by atoms with van der Waals surface area (Å²) < 4.78 is 4.04. The summed E-state index contributed by atoms with van der Waals surface area (Å²) in [5.74, 6) is 1.78. The Labute approximate surface area is 120 Å². The maximum atomic E-state index is 4.58. The zero-order valence-corrected chi connectivity index (χ0v) is 12.5. The second-order valence-corrected chi connectivity index (χ2v) is 5.73. The summed E-state index contributed by atoms with van der Waals surface area (Å²) in [6.07, 6.45) is 5.54. The quantitative estimate of drug-likeness (QED) is 0.880. The molecule has 1 atom stereocenters. The first-order valence-corrected chi connectivity index (χ1v) is 7.49. The minimum absolute atomic E-state index is 0.440. The number of nitrogens with one attached hydrogen (secondary N) is 1. The minimum atomic E-state index is 0.440. The lowest BCUT2D eigenvalue weighted by molar-refractivity contribution is 0.462. The van der Waals surface area contributed by atoms with Gasteiger partial charge in [0.25, 0.3) is 0 Å². The van der Waals surface area contributed by atoms with Gasteiger partial charge in [-0.15, -0.1) is 0 Å². The summed E-state index contributed by atoms with van der Waals surface area (Å²) in [5, 5.41) is 12.5. The third-order valence-corrected chi connectivity index (χ3v) is 4.11. The van der Waals surface area contributed by atoms with Gasteiger partial charge < -0.3 is 5.32 Å². The molecule has 108 valence electrons. The monoisotopic (exact) mass is 273 g/mol. The molecule has 0 saturated heterocycles. The summed E-state index contributed by atoms with van der Waals surface area (Å²) in [6, 6.07) is 4.70. The van der Waals surface area contributed by atoms with Crippen molar-refractivity contribution >= 4 is 5.82 Å². The molecule has 1 aliphatic rings. The van der Waals surface area contributed by atoms with Crippen LogP contribution in [-0.2, 0) is 13.6 Å². The van der Waals surface area contributed by atoms with Crippen molar-refractivity contribution in [2.75, 3.05) is 5.32 Å². The molecule has 5 nitrogen and oxygen atoms in total. The van der Waals surface area contributed by atoms with Gasteiger partial charge in [-0.05, 0) is 32.3 Å². The Bertz CT molecular complexity index is 579. The predicted molar refractivity (Wildman–Crippen MR) is 79.7 cm³/mol. The van der Waals surface area contributed by atoms with Gasteiger partial charge in [-0.3, -0.25) is 9.36 Å². The largest absolute Gasteiger partial charge is 0.365 e. The van der Waals surface area contributed by atoms with Crippen LogP contribution in [-0.4, -0.2) is 19.6 Å². The van der Waals surface area contributed by atoms with E-state index in [-0.39, 0.29) is 0 Å². The highest BCUT2D eigenvalue weighted by Crippen LogP contribution is 2.39. The van der Waals surface area contributed by atoms with Crippen molar-refractivity contribution in [1.82, 2.24) is 19.6 Å². The molecule has 2 aromatic heterocycles. The molecule has 1 unspecified atom stereocenters. The number of aryl methyl sites for hydroxylation is 1. The normalized spacial score (nSPS) is 16.4. The van der Waals surface area contributed by atoms with E-state index in [0.717, 1.165) is 18.8 Å². The van der Waals surface area contributed by atoms with E-state index < -0.39 is 0 Å². The smallest absolute Gasteiger partial charge is 0.124 e. The Balaban J connectivity index is 1.68. The minimum Gasteiger partial charge on any atom is -0.365 e. The molecule has 2 heterocycles. The summed E-state index contributed by atoms with van der Waals surface area (Å²) in [6.45, 7) is 5.17. The predicted octanol–water partition coefficient (Wildman–Crippen LogP) is 3.08. The van der Waals surface area contributed by atoms with Crippen LogP contribution in [0.5, 0.6) is 0 Å². The van der Waals surface area contributed by atoms with Crippen molar-refractivity contribution in [2.45, 2.75) is 51.6 Å². The van der Waals surface area contributed by atoms with Crippen LogP contribution in [0.2, 0.25) is 0 Å². The van der Waals surface area contributed by atoms with Crippen LogP contribution in [0.15, 0.2) is 18.3 Å². The highest BCUT2D eigenvalue weighted by atomic mass is 15.3. The highest BCUT2D eigenvalue weighted by molar-refractivity contribution is 5.39. The number of nitrogens with zero attached hydrogens (tertiary/aromatic N) is 4. The van der Waals surface area contributed by atoms with Crippen LogP contribution in [0, 0.1) is 0 Å². The number of aromatic nitrogens is 4. The van der Waals surface area contributed by atoms with Crippen molar-refractivity contribution in [2.24, 2.45) is 7.05 Å². The first-order valence-electron chi connectivity index (χ1n) is 7.49. The summed E-state index contributed by atoms with van der Waals surface area (Å²) in [4.78, 5) is 0. The Morgan fingerprint density at radius 1 is 1.45 bits per heavy atom. The lowest BCUT2D eigenvalue weighted by Gasteiger charge is -2.14. The standard InChI is InChI=1S/C15H23N5/c1-4-11(2)20-13(7-8-17-20)10-16-15-9-14(12-5-6-12)18-19(15)3/h7-9,11-12,16H,4-6,10H2,1-3H3. The molecule has 2 aromatic rings. The molecule has 0 amide bonds. The molecule has 0 aliphatic heterocycles. The van der Waals surface area contributed by atoms with Gasteiger partial charge >= 0.3 is 0 Å². The van der Waals surface area contributed by atoms with Gasteiger partial charge in [0.2, 0.25) is 0 Å². The van der Waals surface area contributed by atoms with E-state index in [1.807, 2.05) is 17.9 Å². The van der Waals surface area contributed by atoms with E-state index in [9.17, 15) is 0 Å². The van der Waals surface area contributed by atoms with Gasteiger partial charge in [0.05, 0.1) is 17.9 Å². The van der Waals surface area contributed by atoms with Gasteiger partial charge in [-0.2, -0.15) is 10.2 Å². The summed E-state index contributed by atoms with van der Waals surface area (Å²) >= 11 is 0. The van der Waals surface area contributed by atoms with Gasteiger partial charge in [-0.25, -0.2) is 0 Å². The Morgan fingerprint density at radius 2 is 2.25 bits per heavy atom. The maximum Gasteiger partial charge on any atom is 0.124 e. The molecule has 0 radical (unpaired) electrons. The molecule has 0 aromatic carbocycles. The Morgan fingerprint density at radius 3 is 2.95 bits per heavy atom. The van der Waals surface area contributed by atoms with Crippen LogP contribution in [0.4, 0.5) is 5.82 Å². The van der Waals surface area contributed by atoms with Crippen LogP contribution >= 0.6 is 0 Å². The number of anilines is 1. The molecule has 1 N–H and O–H groups in total. The fraction of sp³-hybridized carbons (Fsp3) is 0.600. The van der Waals surface area contributed by atoms with E-state index in [1.54, 1.807) is 0 Å². The highest BCUT2D eigenvalue weighted by Gasteiger charge is 2.26. The van der Waals surface area contributed by atoms with Gasteiger partial charge in [0.15, 0.2) is 0 Å². The zero-order chi connectivity index (χ0) is 14.1. The van der Waals surface area contributed by atoms with Gasteiger partial charge in [0, 0.05) is 31.3 Å². The average Bonchev–Trinajstić information content (AvgIpc) is 3.08. The van der Waals surface area contributed by atoms with Gasteiger partial charge in [-0.1, -0.05) is 6.92 Å². The van der Waals surface area contributed by atoms with Crippen LogP contribution in [0.25, 0.3) is 0 Å². The van der Waals surface area contributed by atoms with E-state index >= 15 is 0 Å². The van der Waals surface area contributed by atoms with Crippen LogP contribution < -0.4 is 5.32 Å². The lowest BCUT2D eigenvalue weighted by atomic mass is 10.2. The SMILES string of the molecule is CCC(C)n1nccc1CNc1cc(C2CC2)nn1C. The maximum absolute atomic E-state index is 4.58. The second kappa shape index (κ2) is 5.31. The topological polar surface area (TPSA) is 47.7 Å². The molecule has 0 bridgehead atoms. The second-order valence-electron chi connectivity index (χ2n) is 5.73. The van der Waals surface area contributed by atoms with Crippen molar-refractivity contribution < 1.29 is 0 Å². The van der Waals surface area contributed by atoms with Crippen molar-refractivity contribution in [3.8, 4) is 0 Å². The number of hydrogen-bond donors (Lipinski definition) is 1. The number of hydrogen-bond acceptors (Lipinski definition) is 3. The molecule has 20 heavy (non-hydrogen) atoms. The molecule has 1 saturated carbocycles. The van der Waals surface area contributed by atoms with E-state index in [2.05, 4.69) is 46.2 Å². The van der Waals surface area contributed by atoms with E-state index in [1.165, 1.54) is 24.2 Å². The molecular weight excluding hydrogens is 250 g/mol.